The summed E-state index contributed by atoms with van der Waals surface area (Å²) in [7, 11) is 1.16. The van der Waals surface area contributed by atoms with Crippen LogP contribution in [0, 0.1) is 34.0 Å². The zero-order chi connectivity index (χ0) is 29.3. The molecular weight excluding hydrogens is 524 g/mol. The van der Waals surface area contributed by atoms with Crippen molar-refractivity contribution < 1.29 is 53.1 Å². The summed E-state index contributed by atoms with van der Waals surface area (Å²) >= 11 is 0. The molecular formula is C29H38O11. The maximum absolute atomic E-state index is 13.1. The van der Waals surface area contributed by atoms with Crippen molar-refractivity contribution >= 4 is 17.9 Å². The molecule has 0 unspecified atom stereocenters. The van der Waals surface area contributed by atoms with E-state index < -0.39 is 87.2 Å². The van der Waals surface area contributed by atoms with Gasteiger partial charge in [-0.1, -0.05) is 27.7 Å². The van der Waals surface area contributed by atoms with Gasteiger partial charge < -0.3 is 38.7 Å². The van der Waals surface area contributed by atoms with E-state index in [1.54, 1.807) is 33.1 Å². The second-order valence-electron chi connectivity index (χ2n) is 13.6. The van der Waals surface area contributed by atoms with Crippen molar-refractivity contribution in [3.05, 3.63) is 24.2 Å². The highest BCUT2D eigenvalue weighted by Crippen LogP contribution is 2.82. The van der Waals surface area contributed by atoms with Crippen molar-refractivity contribution in [3.63, 3.8) is 0 Å². The van der Waals surface area contributed by atoms with Crippen LogP contribution in [0.15, 0.2) is 23.0 Å². The topological polar surface area (TPSA) is 162 Å². The zero-order valence-electron chi connectivity index (χ0n) is 23.6. The highest BCUT2D eigenvalue weighted by Gasteiger charge is 2.92. The Hall–Kier alpha value is -2.47. The fourth-order valence-corrected chi connectivity index (χ4v) is 10.4. The fourth-order valence-electron chi connectivity index (χ4n) is 10.4. The lowest BCUT2D eigenvalue weighted by Crippen LogP contribution is -2.81. The first-order valence-electron chi connectivity index (χ1n) is 13.8. The van der Waals surface area contributed by atoms with Crippen LogP contribution in [-0.2, 0) is 33.3 Å². The Kier molecular flexibility index (Phi) is 5.60. The van der Waals surface area contributed by atoms with Crippen LogP contribution < -0.4 is 0 Å². The van der Waals surface area contributed by atoms with E-state index in [1.807, 2.05) is 6.92 Å². The Morgan fingerprint density at radius 1 is 1.15 bits per heavy atom. The number of esters is 3. The van der Waals surface area contributed by atoms with E-state index in [4.69, 9.17) is 23.4 Å². The van der Waals surface area contributed by atoms with E-state index in [0.717, 1.165) is 7.11 Å². The number of aliphatic hydroxyl groups excluding tert-OH is 1. The first-order chi connectivity index (χ1) is 18.5. The smallest absolute Gasteiger partial charge is 0.335 e. The molecule has 40 heavy (non-hydrogen) atoms. The largest absolute Gasteiger partial charge is 0.472 e. The monoisotopic (exact) mass is 562 g/mol. The molecule has 5 aliphatic rings. The number of rotatable bonds is 4. The molecule has 0 amide bonds. The number of ether oxygens (including phenoxy) is 4. The lowest BCUT2D eigenvalue weighted by molar-refractivity contribution is -0.381. The molecule has 1 spiro atoms. The van der Waals surface area contributed by atoms with E-state index in [-0.39, 0.29) is 12.8 Å². The highest BCUT2D eigenvalue weighted by molar-refractivity contribution is 5.75. The summed E-state index contributed by atoms with van der Waals surface area (Å²) in [6, 6.07) is 1.75. The van der Waals surface area contributed by atoms with Gasteiger partial charge in [-0.05, 0) is 24.8 Å². The van der Waals surface area contributed by atoms with Gasteiger partial charge in [-0.15, -0.1) is 0 Å². The standard InChI is InChI=1S/C29H38O11/c1-14(30)38-23-24(2,3)20(19(32)22(33)36-6)26(5)16-7-9-25(4)17(27(16)13-28(23,34)29(26,35)40-27)11-18(31)39-21(25)15-8-10-37-12-15/h8,10,12,16-17,19-21,23,32,34-35H,7,9,11,13H2,1-6H3/t16-,17-,19-,20+,21+,23+,25-,26-,27-,28-,29-/m1/s1. The Labute approximate surface area is 232 Å². The molecule has 0 aromatic carbocycles. The Morgan fingerprint density at radius 2 is 1.85 bits per heavy atom. The van der Waals surface area contributed by atoms with E-state index in [1.165, 1.54) is 13.2 Å². The zero-order valence-corrected chi connectivity index (χ0v) is 23.6. The third kappa shape index (κ3) is 2.92. The number of fused-ring (bicyclic) bond motifs is 2. The molecule has 2 aliphatic carbocycles. The normalized spacial score (nSPS) is 48.9. The molecule has 3 N–H and O–H groups in total. The summed E-state index contributed by atoms with van der Waals surface area (Å²) in [5, 5.41) is 36.6. The molecule has 3 aliphatic heterocycles. The average molecular weight is 563 g/mol. The van der Waals surface area contributed by atoms with Crippen LogP contribution >= 0.6 is 0 Å². The quantitative estimate of drug-likeness (QED) is 0.364. The van der Waals surface area contributed by atoms with Gasteiger partial charge in [0, 0.05) is 47.0 Å². The molecule has 3 saturated heterocycles. The van der Waals surface area contributed by atoms with E-state index in [2.05, 4.69) is 0 Å². The van der Waals surface area contributed by atoms with Gasteiger partial charge in [-0.3, -0.25) is 9.59 Å². The van der Waals surface area contributed by atoms with Crippen molar-refractivity contribution in [2.75, 3.05) is 7.11 Å². The summed E-state index contributed by atoms with van der Waals surface area (Å²) in [5.41, 5.74) is -5.93. The fraction of sp³-hybridized carbons (Fsp3) is 0.759. The molecule has 4 heterocycles. The van der Waals surface area contributed by atoms with Gasteiger partial charge in [-0.25, -0.2) is 4.79 Å². The lowest BCUT2D eigenvalue weighted by Gasteiger charge is -2.69. The first-order valence-corrected chi connectivity index (χ1v) is 13.8. The SMILES string of the molecule is COC(=O)[C@H](O)[C@H]1C(C)(C)[C@H](OC(C)=O)[C@]2(O)C[C@@]34O[C@]2(O)[C@]1(C)[C@H]3CC[C@]1(C)[C@H]4CC(=O)O[C@H]1c1ccoc1. The maximum Gasteiger partial charge on any atom is 0.335 e. The van der Waals surface area contributed by atoms with E-state index >= 15 is 0 Å². The van der Waals surface area contributed by atoms with Gasteiger partial charge in [0.2, 0.25) is 5.79 Å². The Balaban J connectivity index is 1.57. The summed E-state index contributed by atoms with van der Waals surface area (Å²) in [5.74, 6) is -6.42. The second kappa shape index (κ2) is 8.08. The molecule has 220 valence electrons. The average Bonchev–Trinajstić information content (AvgIpc) is 3.52. The van der Waals surface area contributed by atoms with Crippen molar-refractivity contribution in [2.45, 2.75) is 95.6 Å². The summed E-state index contributed by atoms with van der Waals surface area (Å²) in [6.07, 6.45) is 0.279. The molecule has 2 saturated carbocycles. The number of hydrogen-bond donors (Lipinski definition) is 3. The van der Waals surface area contributed by atoms with Gasteiger partial charge in [0.15, 0.2) is 11.7 Å². The van der Waals surface area contributed by atoms with Gasteiger partial charge >= 0.3 is 17.9 Å². The van der Waals surface area contributed by atoms with Gasteiger partial charge in [0.05, 0.1) is 31.7 Å². The second-order valence-corrected chi connectivity index (χ2v) is 13.6. The summed E-state index contributed by atoms with van der Waals surface area (Å²) in [6.45, 7) is 8.35. The Morgan fingerprint density at radius 3 is 2.45 bits per heavy atom. The molecule has 0 radical (unpaired) electrons. The number of carbonyl (C=O) groups is 3. The molecule has 1 aromatic heterocycles. The van der Waals surface area contributed by atoms with Crippen LogP contribution in [0.25, 0.3) is 0 Å². The number of methoxy groups -OCH3 is 1. The van der Waals surface area contributed by atoms with Crippen LogP contribution in [0.5, 0.6) is 0 Å². The predicted octanol–water partition coefficient (Wildman–Crippen LogP) is 2.02. The minimum Gasteiger partial charge on any atom is -0.472 e. The molecule has 6 rings (SSSR count). The molecule has 5 fully saturated rings. The van der Waals surface area contributed by atoms with Gasteiger partial charge in [0.1, 0.15) is 12.2 Å². The number of cyclic esters (lactones) is 1. The number of hydrogen-bond acceptors (Lipinski definition) is 11. The Bertz CT molecular complexity index is 1260. The molecule has 11 nitrogen and oxygen atoms in total. The van der Waals surface area contributed by atoms with E-state index in [9.17, 15) is 29.7 Å². The highest BCUT2D eigenvalue weighted by atomic mass is 16.7. The van der Waals surface area contributed by atoms with Crippen LogP contribution in [0.4, 0.5) is 0 Å². The van der Waals surface area contributed by atoms with Crippen LogP contribution in [0.2, 0.25) is 0 Å². The van der Waals surface area contributed by atoms with Crippen molar-refractivity contribution in [2.24, 2.45) is 34.0 Å². The molecule has 11 heteroatoms. The number of aliphatic hydroxyl groups is 3. The van der Waals surface area contributed by atoms with Crippen LogP contribution in [-0.4, -0.2) is 69.5 Å². The first kappa shape index (κ1) is 27.7. The predicted molar refractivity (Wildman–Crippen MR) is 134 cm³/mol. The molecule has 2 bridgehead atoms. The van der Waals surface area contributed by atoms with Gasteiger partial charge in [-0.2, -0.15) is 0 Å². The summed E-state index contributed by atoms with van der Waals surface area (Å²) in [4.78, 5) is 38.3. The molecule has 1 aromatic rings. The third-order valence-electron chi connectivity index (χ3n) is 11.5. The lowest BCUT2D eigenvalue weighted by atomic mass is 9.35. The van der Waals surface area contributed by atoms with Crippen molar-refractivity contribution in [1.82, 2.24) is 0 Å². The number of furan rings is 1. The van der Waals surface area contributed by atoms with E-state index in [0.29, 0.717) is 18.4 Å². The van der Waals surface area contributed by atoms with Crippen LogP contribution in [0.1, 0.15) is 72.0 Å². The summed E-state index contributed by atoms with van der Waals surface area (Å²) < 4.78 is 28.5. The van der Waals surface area contributed by atoms with Crippen LogP contribution in [0.3, 0.4) is 0 Å². The number of carbonyl (C=O) groups excluding carboxylic acids is 3. The van der Waals surface area contributed by atoms with Crippen molar-refractivity contribution in [1.29, 1.82) is 0 Å². The third-order valence-corrected chi connectivity index (χ3v) is 11.5. The molecule has 11 atom stereocenters. The van der Waals surface area contributed by atoms with Gasteiger partial charge in [0.25, 0.3) is 0 Å². The minimum atomic E-state index is -2.32. The minimum absolute atomic E-state index is 0.0184. The maximum atomic E-state index is 13.1. The van der Waals surface area contributed by atoms with Crippen molar-refractivity contribution in [3.8, 4) is 0 Å².